The van der Waals surface area contributed by atoms with Crippen LogP contribution in [-0.4, -0.2) is 23.2 Å². The van der Waals surface area contributed by atoms with Crippen LogP contribution < -0.4 is 5.32 Å². The molecule has 3 nitrogen and oxygen atoms in total. The van der Waals surface area contributed by atoms with Crippen LogP contribution in [-0.2, 0) is 4.79 Å². The molecule has 0 radical (unpaired) electrons. The molecule has 0 bridgehead atoms. The first-order valence-corrected chi connectivity index (χ1v) is 4.08. The molecule has 3 atom stereocenters. The van der Waals surface area contributed by atoms with Gasteiger partial charge in [0.1, 0.15) is 6.04 Å². The summed E-state index contributed by atoms with van der Waals surface area (Å²) in [6.07, 6.45) is 1.85. The molecule has 1 rings (SSSR count). The Kier molecular flexibility index (Phi) is 2.49. The lowest BCUT2D eigenvalue weighted by Crippen LogP contribution is -2.47. The highest BCUT2D eigenvalue weighted by atomic mass is 16.4. The van der Waals surface area contributed by atoms with Gasteiger partial charge in [0.25, 0.3) is 0 Å². The quantitative estimate of drug-likeness (QED) is 0.593. The number of carboxylic acid groups (broad SMARTS) is 1. The molecule has 0 aromatic rings. The third-order valence-electron chi connectivity index (χ3n) is 2.18. The van der Waals surface area contributed by atoms with Gasteiger partial charge in [0.2, 0.25) is 0 Å². The first-order chi connectivity index (χ1) is 5.09. The third kappa shape index (κ3) is 2.19. The molecule has 0 aliphatic carbocycles. The van der Waals surface area contributed by atoms with Gasteiger partial charge in [-0.15, -0.1) is 0 Å². The Morgan fingerprint density at radius 2 is 2.09 bits per heavy atom. The second-order valence-electron chi connectivity index (χ2n) is 3.54. The summed E-state index contributed by atoms with van der Waals surface area (Å²) >= 11 is 0. The summed E-state index contributed by atoms with van der Waals surface area (Å²) in [5.41, 5.74) is 0. The van der Waals surface area contributed by atoms with Crippen molar-refractivity contribution in [2.24, 2.45) is 5.92 Å². The minimum atomic E-state index is -0.719. The Morgan fingerprint density at radius 1 is 1.45 bits per heavy atom. The molecule has 1 heterocycles. The predicted octanol–water partition coefficient (Wildman–Crippen LogP) is 0.848. The highest BCUT2D eigenvalue weighted by molar-refractivity contribution is 5.73. The predicted molar refractivity (Wildman–Crippen MR) is 42.4 cm³/mol. The van der Waals surface area contributed by atoms with Crippen LogP contribution in [0.25, 0.3) is 0 Å². The Balaban J connectivity index is 2.49. The van der Waals surface area contributed by atoms with E-state index in [2.05, 4.69) is 12.2 Å². The fraction of sp³-hybridized carbons (Fsp3) is 0.875. The Labute approximate surface area is 66.8 Å². The van der Waals surface area contributed by atoms with Crippen molar-refractivity contribution in [1.29, 1.82) is 0 Å². The molecule has 0 spiro atoms. The van der Waals surface area contributed by atoms with Crippen LogP contribution >= 0.6 is 0 Å². The fourth-order valence-electron chi connectivity index (χ4n) is 1.75. The number of carbonyl (C=O) groups is 1. The second kappa shape index (κ2) is 3.22. The average Bonchev–Trinajstić information content (AvgIpc) is 1.85. The normalized spacial score (nSPS) is 38.5. The van der Waals surface area contributed by atoms with Gasteiger partial charge in [-0.05, 0) is 25.7 Å². The minimum absolute atomic E-state index is 0.325. The Morgan fingerprint density at radius 3 is 2.55 bits per heavy atom. The van der Waals surface area contributed by atoms with E-state index in [0.29, 0.717) is 12.0 Å². The largest absolute Gasteiger partial charge is 0.480 e. The molecule has 0 aromatic heterocycles. The standard InChI is InChI=1S/C8H15NO2/c1-5-3-6(2)9-7(4-5)8(10)11/h5-7,9H,3-4H2,1-2H3,(H,10,11)/t5-,6+,7-/m1/s1. The van der Waals surface area contributed by atoms with Crippen LogP contribution in [0.3, 0.4) is 0 Å². The topological polar surface area (TPSA) is 49.3 Å². The summed E-state index contributed by atoms with van der Waals surface area (Å²) < 4.78 is 0. The van der Waals surface area contributed by atoms with E-state index >= 15 is 0 Å². The minimum Gasteiger partial charge on any atom is -0.480 e. The number of rotatable bonds is 1. The van der Waals surface area contributed by atoms with Crippen molar-refractivity contribution in [1.82, 2.24) is 5.32 Å². The molecule has 1 fully saturated rings. The van der Waals surface area contributed by atoms with Crippen molar-refractivity contribution in [2.75, 3.05) is 0 Å². The molecule has 1 saturated heterocycles. The van der Waals surface area contributed by atoms with Crippen LogP contribution in [0.15, 0.2) is 0 Å². The monoisotopic (exact) mass is 157 g/mol. The van der Waals surface area contributed by atoms with Crippen molar-refractivity contribution in [3.05, 3.63) is 0 Å². The van der Waals surface area contributed by atoms with E-state index < -0.39 is 5.97 Å². The summed E-state index contributed by atoms with van der Waals surface area (Å²) in [7, 11) is 0. The van der Waals surface area contributed by atoms with Gasteiger partial charge in [0.05, 0.1) is 0 Å². The highest BCUT2D eigenvalue weighted by Gasteiger charge is 2.27. The van der Waals surface area contributed by atoms with E-state index in [1.807, 2.05) is 6.92 Å². The van der Waals surface area contributed by atoms with Gasteiger partial charge in [0.15, 0.2) is 0 Å². The number of piperidine rings is 1. The van der Waals surface area contributed by atoms with Crippen molar-refractivity contribution >= 4 is 5.97 Å². The van der Waals surface area contributed by atoms with Crippen molar-refractivity contribution < 1.29 is 9.90 Å². The molecular formula is C8H15NO2. The second-order valence-corrected chi connectivity index (χ2v) is 3.54. The summed E-state index contributed by atoms with van der Waals surface area (Å²) in [6.45, 7) is 4.14. The van der Waals surface area contributed by atoms with E-state index in [4.69, 9.17) is 5.11 Å². The van der Waals surface area contributed by atoms with Crippen LogP contribution in [0, 0.1) is 5.92 Å². The molecule has 2 N–H and O–H groups in total. The first-order valence-electron chi connectivity index (χ1n) is 4.08. The van der Waals surface area contributed by atoms with Crippen LogP contribution in [0.5, 0.6) is 0 Å². The van der Waals surface area contributed by atoms with Crippen molar-refractivity contribution in [3.8, 4) is 0 Å². The van der Waals surface area contributed by atoms with Gasteiger partial charge in [0, 0.05) is 6.04 Å². The summed E-state index contributed by atoms with van der Waals surface area (Å²) in [6, 6.07) is 0.0219. The van der Waals surface area contributed by atoms with Crippen molar-refractivity contribution in [3.63, 3.8) is 0 Å². The number of nitrogens with one attached hydrogen (secondary N) is 1. The lowest BCUT2D eigenvalue weighted by atomic mass is 9.90. The average molecular weight is 157 g/mol. The molecule has 0 unspecified atom stereocenters. The first kappa shape index (κ1) is 8.53. The molecule has 64 valence electrons. The van der Waals surface area contributed by atoms with Crippen LogP contribution in [0.2, 0.25) is 0 Å². The van der Waals surface area contributed by atoms with E-state index in [1.54, 1.807) is 0 Å². The lowest BCUT2D eigenvalue weighted by molar-refractivity contribution is -0.140. The molecular weight excluding hydrogens is 142 g/mol. The van der Waals surface area contributed by atoms with Gasteiger partial charge in [-0.2, -0.15) is 0 Å². The zero-order valence-electron chi connectivity index (χ0n) is 7.00. The zero-order chi connectivity index (χ0) is 8.43. The maximum absolute atomic E-state index is 10.6. The summed E-state index contributed by atoms with van der Waals surface area (Å²) in [5, 5.41) is 11.8. The van der Waals surface area contributed by atoms with Crippen LogP contribution in [0.1, 0.15) is 26.7 Å². The Bertz CT molecular complexity index is 148. The smallest absolute Gasteiger partial charge is 0.320 e. The number of aliphatic carboxylic acids is 1. The maximum atomic E-state index is 10.6. The molecule has 11 heavy (non-hydrogen) atoms. The van der Waals surface area contributed by atoms with Gasteiger partial charge in [-0.25, -0.2) is 0 Å². The molecule has 1 aliphatic heterocycles. The molecule has 0 amide bonds. The number of hydrogen-bond donors (Lipinski definition) is 2. The summed E-state index contributed by atoms with van der Waals surface area (Å²) in [5.74, 6) is -0.184. The molecule has 0 saturated carbocycles. The number of carboxylic acids is 1. The van der Waals surface area contributed by atoms with Gasteiger partial charge < -0.3 is 10.4 Å². The zero-order valence-corrected chi connectivity index (χ0v) is 7.00. The van der Waals surface area contributed by atoms with Gasteiger partial charge >= 0.3 is 5.97 Å². The third-order valence-corrected chi connectivity index (χ3v) is 2.18. The molecule has 3 heteroatoms. The van der Waals surface area contributed by atoms with Gasteiger partial charge in [-0.3, -0.25) is 4.79 Å². The van der Waals surface area contributed by atoms with E-state index in [0.717, 1.165) is 12.8 Å². The highest BCUT2D eigenvalue weighted by Crippen LogP contribution is 2.19. The molecule has 1 aliphatic rings. The Hall–Kier alpha value is -0.570. The van der Waals surface area contributed by atoms with E-state index in [1.165, 1.54) is 0 Å². The van der Waals surface area contributed by atoms with Gasteiger partial charge in [-0.1, -0.05) is 6.92 Å². The van der Waals surface area contributed by atoms with E-state index in [-0.39, 0.29) is 6.04 Å². The van der Waals surface area contributed by atoms with Crippen LogP contribution in [0.4, 0.5) is 0 Å². The SMILES string of the molecule is C[C@@H]1C[C@H](C)N[C@@H](C(=O)O)C1. The summed E-state index contributed by atoms with van der Waals surface area (Å²) in [4.78, 5) is 10.6. The van der Waals surface area contributed by atoms with E-state index in [9.17, 15) is 4.79 Å². The molecule has 0 aromatic carbocycles. The van der Waals surface area contributed by atoms with Crippen molar-refractivity contribution in [2.45, 2.75) is 38.8 Å². The number of hydrogen-bond acceptors (Lipinski definition) is 2. The lowest BCUT2D eigenvalue weighted by Gasteiger charge is -2.30. The maximum Gasteiger partial charge on any atom is 0.320 e. The fourth-order valence-corrected chi connectivity index (χ4v) is 1.75.